The van der Waals surface area contributed by atoms with E-state index in [-0.39, 0.29) is 0 Å². The molecule has 1 aliphatic rings. The molecule has 2 nitrogen and oxygen atoms in total. The molecular weight excluding hydrogens is 218 g/mol. The zero-order valence-electron chi connectivity index (χ0n) is 9.77. The van der Waals surface area contributed by atoms with E-state index >= 15 is 0 Å². The molecule has 0 spiro atoms. The Morgan fingerprint density at radius 2 is 2.31 bits per heavy atom. The van der Waals surface area contributed by atoms with Crippen LogP contribution in [0.5, 0.6) is 0 Å². The van der Waals surface area contributed by atoms with Crippen LogP contribution in [-0.2, 0) is 0 Å². The van der Waals surface area contributed by atoms with Crippen molar-refractivity contribution in [2.24, 2.45) is 0 Å². The van der Waals surface area contributed by atoms with Crippen molar-refractivity contribution in [2.75, 3.05) is 23.5 Å². The molecule has 86 valence electrons. The summed E-state index contributed by atoms with van der Waals surface area (Å²) in [6.45, 7) is 2.07. The molecule has 1 aliphatic heterocycles. The third-order valence-electron chi connectivity index (χ3n) is 3.19. The molecule has 1 saturated heterocycles. The molecule has 0 radical (unpaired) electrons. The molecule has 3 heteroatoms. The lowest BCUT2D eigenvalue weighted by molar-refractivity contribution is 0.112. The van der Waals surface area contributed by atoms with Gasteiger partial charge >= 0.3 is 0 Å². The van der Waals surface area contributed by atoms with Gasteiger partial charge in [0.15, 0.2) is 0 Å². The maximum Gasteiger partial charge on any atom is 0.150 e. The number of aldehydes is 1. The van der Waals surface area contributed by atoms with Crippen LogP contribution in [0.3, 0.4) is 0 Å². The highest BCUT2D eigenvalue weighted by Crippen LogP contribution is 2.28. The lowest BCUT2D eigenvalue weighted by Crippen LogP contribution is -2.31. The maximum absolute atomic E-state index is 10.7. The zero-order chi connectivity index (χ0) is 11.5. The van der Waals surface area contributed by atoms with Crippen LogP contribution in [0.25, 0.3) is 0 Å². The van der Waals surface area contributed by atoms with Crippen LogP contribution in [0.4, 0.5) is 5.69 Å². The van der Waals surface area contributed by atoms with Gasteiger partial charge in [-0.2, -0.15) is 11.8 Å². The third kappa shape index (κ3) is 2.24. The molecule has 0 aromatic heterocycles. The molecule has 1 unspecified atom stereocenters. The molecule has 0 amide bonds. The number of anilines is 1. The first kappa shape index (κ1) is 11.5. The topological polar surface area (TPSA) is 20.3 Å². The number of hydrogen-bond acceptors (Lipinski definition) is 3. The van der Waals surface area contributed by atoms with E-state index in [4.69, 9.17) is 0 Å². The minimum absolute atomic E-state index is 0.644. The number of aryl methyl sites for hydroxylation is 1. The minimum Gasteiger partial charge on any atom is -0.371 e. The van der Waals surface area contributed by atoms with Crippen molar-refractivity contribution < 1.29 is 4.79 Å². The summed E-state index contributed by atoms with van der Waals surface area (Å²) in [5.41, 5.74) is 3.19. The lowest BCUT2D eigenvalue weighted by Gasteiger charge is -2.27. The molecule has 1 atom stereocenters. The summed E-state index contributed by atoms with van der Waals surface area (Å²) in [4.78, 5) is 13.0. The van der Waals surface area contributed by atoms with E-state index in [9.17, 15) is 4.79 Å². The monoisotopic (exact) mass is 235 g/mol. The Hall–Kier alpha value is -0.960. The van der Waals surface area contributed by atoms with Crippen molar-refractivity contribution in [3.05, 3.63) is 29.3 Å². The second-order valence-corrected chi connectivity index (χ2v) is 5.44. The van der Waals surface area contributed by atoms with E-state index in [1.807, 2.05) is 23.9 Å². The fraction of sp³-hybridized carbons (Fsp3) is 0.462. The Morgan fingerprint density at radius 1 is 1.50 bits per heavy atom. The van der Waals surface area contributed by atoms with Crippen molar-refractivity contribution in [1.82, 2.24) is 0 Å². The number of carbonyl (C=O) groups is 1. The first-order valence-electron chi connectivity index (χ1n) is 5.59. The fourth-order valence-electron chi connectivity index (χ4n) is 2.17. The molecule has 1 fully saturated rings. The smallest absolute Gasteiger partial charge is 0.150 e. The summed E-state index contributed by atoms with van der Waals surface area (Å²) in [7, 11) is 2.15. The van der Waals surface area contributed by atoms with Gasteiger partial charge in [0.25, 0.3) is 0 Å². The predicted octanol–water partition coefficient (Wildman–Crippen LogP) is 2.75. The highest BCUT2D eigenvalue weighted by Gasteiger charge is 2.21. The van der Waals surface area contributed by atoms with Gasteiger partial charge in [-0.3, -0.25) is 4.79 Å². The van der Waals surface area contributed by atoms with Crippen LogP contribution in [0.2, 0.25) is 0 Å². The summed E-state index contributed by atoms with van der Waals surface area (Å²) in [5, 5.41) is 0. The summed E-state index contributed by atoms with van der Waals surface area (Å²) >= 11 is 2.02. The van der Waals surface area contributed by atoms with E-state index in [0.717, 1.165) is 11.8 Å². The molecule has 0 N–H and O–H groups in total. The van der Waals surface area contributed by atoms with Crippen LogP contribution in [0, 0.1) is 6.92 Å². The normalized spacial score (nSPS) is 19.8. The van der Waals surface area contributed by atoms with Crippen LogP contribution < -0.4 is 4.90 Å². The number of nitrogens with zero attached hydrogens (tertiary/aromatic N) is 1. The van der Waals surface area contributed by atoms with Gasteiger partial charge in [-0.25, -0.2) is 0 Å². The van der Waals surface area contributed by atoms with Gasteiger partial charge in [0.2, 0.25) is 0 Å². The summed E-state index contributed by atoms with van der Waals surface area (Å²) in [5.74, 6) is 2.48. The van der Waals surface area contributed by atoms with E-state index in [1.54, 1.807) is 0 Å². The number of rotatable bonds is 3. The second kappa shape index (κ2) is 4.91. The molecule has 0 saturated carbocycles. The average molecular weight is 235 g/mol. The lowest BCUT2D eigenvalue weighted by atomic mass is 10.1. The zero-order valence-corrected chi connectivity index (χ0v) is 10.6. The molecular formula is C13H17NOS. The molecule has 1 aromatic rings. The fourth-order valence-corrected chi connectivity index (χ4v) is 3.44. The van der Waals surface area contributed by atoms with Crippen LogP contribution >= 0.6 is 11.8 Å². The molecule has 1 aromatic carbocycles. The average Bonchev–Trinajstić information content (AvgIpc) is 2.81. The molecule has 0 bridgehead atoms. The summed E-state index contributed by atoms with van der Waals surface area (Å²) < 4.78 is 0. The Morgan fingerprint density at radius 3 is 2.88 bits per heavy atom. The van der Waals surface area contributed by atoms with E-state index in [0.29, 0.717) is 6.04 Å². The molecule has 0 aliphatic carbocycles. The largest absolute Gasteiger partial charge is 0.371 e. The first-order chi connectivity index (χ1) is 7.72. The third-order valence-corrected chi connectivity index (χ3v) is 4.34. The Balaban J connectivity index is 2.22. The van der Waals surface area contributed by atoms with Crippen LogP contribution in [-0.4, -0.2) is 30.9 Å². The molecule has 2 rings (SSSR count). The van der Waals surface area contributed by atoms with Crippen molar-refractivity contribution >= 4 is 23.7 Å². The summed E-state index contributed by atoms with van der Waals surface area (Å²) in [6.07, 6.45) is 2.16. The van der Waals surface area contributed by atoms with E-state index in [2.05, 4.69) is 24.9 Å². The SMILES string of the molecule is Cc1cc(C=O)ccc1N(C)C1CCSC1. The number of benzene rings is 1. The van der Waals surface area contributed by atoms with E-state index < -0.39 is 0 Å². The minimum atomic E-state index is 0.644. The van der Waals surface area contributed by atoms with Gasteiger partial charge in [-0.15, -0.1) is 0 Å². The summed E-state index contributed by atoms with van der Waals surface area (Å²) in [6, 6.07) is 6.56. The van der Waals surface area contributed by atoms with Crippen molar-refractivity contribution in [2.45, 2.75) is 19.4 Å². The maximum atomic E-state index is 10.7. The highest BCUT2D eigenvalue weighted by atomic mass is 32.2. The highest BCUT2D eigenvalue weighted by molar-refractivity contribution is 7.99. The molecule has 1 heterocycles. The Kier molecular flexibility index (Phi) is 3.54. The Bertz CT molecular complexity index is 386. The number of carbonyl (C=O) groups excluding carboxylic acids is 1. The molecule has 16 heavy (non-hydrogen) atoms. The van der Waals surface area contributed by atoms with Gasteiger partial charge in [-0.1, -0.05) is 0 Å². The van der Waals surface area contributed by atoms with Crippen molar-refractivity contribution in [3.8, 4) is 0 Å². The van der Waals surface area contributed by atoms with Crippen LogP contribution in [0.15, 0.2) is 18.2 Å². The second-order valence-electron chi connectivity index (χ2n) is 4.29. The van der Waals surface area contributed by atoms with Gasteiger partial charge in [-0.05, 0) is 42.9 Å². The van der Waals surface area contributed by atoms with Gasteiger partial charge in [0.05, 0.1) is 0 Å². The number of thioether (sulfide) groups is 1. The van der Waals surface area contributed by atoms with E-state index in [1.165, 1.54) is 29.2 Å². The van der Waals surface area contributed by atoms with Crippen molar-refractivity contribution in [1.29, 1.82) is 0 Å². The van der Waals surface area contributed by atoms with Crippen molar-refractivity contribution in [3.63, 3.8) is 0 Å². The predicted molar refractivity (Wildman–Crippen MR) is 70.7 cm³/mol. The number of hydrogen-bond donors (Lipinski definition) is 0. The van der Waals surface area contributed by atoms with Gasteiger partial charge in [0, 0.05) is 30.1 Å². The Labute approximate surface area is 101 Å². The quantitative estimate of drug-likeness (QED) is 0.751. The van der Waals surface area contributed by atoms with Gasteiger partial charge in [0.1, 0.15) is 6.29 Å². The first-order valence-corrected chi connectivity index (χ1v) is 6.74. The van der Waals surface area contributed by atoms with Gasteiger partial charge < -0.3 is 4.90 Å². The van der Waals surface area contributed by atoms with Crippen LogP contribution in [0.1, 0.15) is 22.3 Å². The standard InChI is InChI=1S/C13H17NOS/c1-10-7-11(8-15)3-4-13(10)14(2)12-5-6-16-9-12/h3-4,7-8,12H,5-6,9H2,1-2H3.